The molecule has 1 amide bonds. The summed E-state index contributed by atoms with van der Waals surface area (Å²) in [6.07, 6.45) is -4.63. The summed E-state index contributed by atoms with van der Waals surface area (Å²) in [6.45, 7) is 3.49. The van der Waals surface area contributed by atoms with Gasteiger partial charge in [0.05, 0.1) is 16.6 Å². The van der Waals surface area contributed by atoms with E-state index in [1.807, 2.05) is 6.92 Å². The van der Waals surface area contributed by atoms with E-state index in [-0.39, 0.29) is 29.5 Å². The van der Waals surface area contributed by atoms with Crippen molar-refractivity contribution in [1.82, 2.24) is 5.16 Å². The third-order valence-corrected chi connectivity index (χ3v) is 7.31. The first kappa shape index (κ1) is 28.1. The zero-order valence-corrected chi connectivity index (χ0v) is 22.0. The van der Waals surface area contributed by atoms with E-state index in [2.05, 4.69) is 22.3 Å². The van der Waals surface area contributed by atoms with Gasteiger partial charge in [0.1, 0.15) is 5.82 Å². The van der Waals surface area contributed by atoms with E-state index in [0.29, 0.717) is 22.7 Å². The van der Waals surface area contributed by atoms with Crippen molar-refractivity contribution in [2.24, 2.45) is 0 Å². The highest BCUT2D eigenvalue weighted by atomic mass is 19.4. The molecule has 10 heteroatoms. The number of aryl methyl sites for hydroxylation is 2. The molecule has 3 aromatic carbocycles. The van der Waals surface area contributed by atoms with Crippen molar-refractivity contribution in [3.8, 4) is 11.8 Å². The Morgan fingerprint density at radius 1 is 1.05 bits per heavy atom. The van der Waals surface area contributed by atoms with Gasteiger partial charge in [-0.3, -0.25) is 4.79 Å². The highest BCUT2D eigenvalue weighted by molar-refractivity contribution is 6.01. The van der Waals surface area contributed by atoms with Crippen LogP contribution in [0.2, 0.25) is 0 Å². The number of aromatic nitrogens is 1. The monoisotopic (exact) mass is 564 g/mol. The molecular formula is C31H24F4N2O4. The average Bonchev–Trinajstić information content (AvgIpc) is 3.70. The maximum absolute atomic E-state index is 14.9. The quantitative estimate of drug-likeness (QED) is 0.236. The molecule has 1 aromatic heterocycles. The smallest absolute Gasteiger partial charge is 0.369 e. The molecule has 1 heterocycles. The van der Waals surface area contributed by atoms with Gasteiger partial charge in [0.15, 0.2) is 0 Å². The van der Waals surface area contributed by atoms with Crippen molar-refractivity contribution in [1.29, 1.82) is 0 Å². The van der Waals surface area contributed by atoms with Crippen LogP contribution >= 0.6 is 0 Å². The van der Waals surface area contributed by atoms with Gasteiger partial charge in [-0.1, -0.05) is 34.7 Å². The fourth-order valence-corrected chi connectivity index (χ4v) is 4.83. The average molecular weight is 565 g/mol. The number of alkyl halides is 3. The third kappa shape index (κ3) is 5.72. The second-order valence-electron chi connectivity index (χ2n) is 10.4. The van der Waals surface area contributed by atoms with E-state index in [4.69, 9.17) is 4.52 Å². The van der Waals surface area contributed by atoms with Crippen LogP contribution < -0.4 is 10.9 Å². The fourth-order valence-electron chi connectivity index (χ4n) is 4.83. The van der Waals surface area contributed by atoms with Gasteiger partial charge in [0.2, 0.25) is 5.60 Å². The lowest BCUT2D eigenvalue weighted by molar-refractivity contribution is -0.137. The predicted molar refractivity (Wildman–Crippen MR) is 144 cm³/mol. The minimum atomic E-state index is -4.70. The summed E-state index contributed by atoms with van der Waals surface area (Å²) in [4.78, 5) is 25.6. The molecule has 0 bridgehead atoms. The molecule has 1 aliphatic rings. The summed E-state index contributed by atoms with van der Waals surface area (Å²) in [5.41, 5.74) is -3.50. The molecule has 4 aromatic rings. The Labute approximate surface area is 232 Å². The molecule has 1 unspecified atom stereocenters. The second-order valence-corrected chi connectivity index (χ2v) is 10.4. The summed E-state index contributed by atoms with van der Waals surface area (Å²) in [6, 6.07) is 13.5. The Hall–Kier alpha value is -4.49. The van der Waals surface area contributed by atoms with Crippen LogP contribution in [0.3, 0.4) is 0 Å². The summed E-state index contributed by atoms with van der Waals surface area (Å²) in [7, 11) is 0. The second kappa shape index (κ2) is 10.2. The minimum absolute atomic E-state index is 0.212. The topological polar surface area (TPSA) is 92.4 Å². The number of carbonyl (C=O) groups is 1. The lowest BCUT2D eigenvalue weighted by Gasteiger charge is -2.28. The molecule has 5 rings (SSSR count). The maximum atomic E-state index is 14.9. The highest BCUT2D eigenvalue weighted by Gasteiger charge is 2.54. The first-order chi connectivity index (χ1) is 19.3. The number of hydrogen-bond donors (Lipinski definition) is 2. The standard InChI is InChI=1S/C31H24F4N2O4/c1-18-3-5-20(6-4-18)11-12-30(40,17-29(13-14-29)25-15-21(31(33,34)35)7-10-26(25)32)28(39)36-22-8-9-23-24(16-22)19(2)37-41-27(23)38/h3-10,15-16,40H,13-14,17H2,1-2H3,(H,36,39). The van der Waals surface area contributed by atoms with Gasteiger partial charge in [0.25, 0.3) is 5.91 Å². The van der Waals surface area contributed by atoms with Crippen LogP contribution in [-0.2, 0) is 16.4 Å². The molecule has 1 saturated carbocycles. The summed E-state index contributed by atoms with van der Waals surface area (Å²) in [5, 5.41) is 18.6. The summed E-state index contributed by atoms with van der Waals surface area (Å²) < 4.78 is 59.9. The first-order valence-corrected chi connectivity index (χ1v) is 12.7. The molecule has 6 nitrogen and oxygen atoms in total. The van der Waals surface area contributed by atoms with Crippen LogP contribution in [0, 0.1) is 31.5 Å². The summed E-state index contributed by atoms with van der Waals surface area (Å²) >= 11 is 0. The summed E-state index contributed by atoms with van der Waals surface area (Å²) in [5.74, 6) is 3.58. The molecule has 0 aliphatic heterocycles. The van der Waals surface area contributed by atoms with Crippen molar-refractivity contribution in [2.75, 3.05) is 5.32 Å². The molecule has 0 spiro atoms. The van der Waals surface area contributed by atoms with Crippen molar-refractivity contribution in [3.63, 3.8) is 0 Å². The largest absolute Gasteiger partial charge is 0.416 e. The SMILES string of the molecule is Cc1ccc(C#CC(O)(CC2(c3cc(C(F)(F)F)ccc3F)CC2)C(=O)Nc2ccc3c(=O)onc(C)c3c2)cc1. The van der Waals surface area contributed by atoms with E-state index in [1.54, 1.807) is 31.2 Å². The predicted octanol–water partition coefficient (Wildman–Crippen LogP) is 5.81. The van der Waals surface area contributed by atoms with E-state index in [0.717, 1.165) is 17.7 Å². The number of nitrogens with one attached hydrogen (secondary N) is 1. The zero-order valence-electron chi connectivity index (χ0n) is 22.0. The number of halogens is 4. The number of rotatable bonds is 5. The van der Waals surface area contributed by atoms with Gasteiger partial charge in [-0.25, -0.2) is 9.18 Å². The van der Waals surface area contributed by atoms with Gasteiger partial charge in [-0.05, 0) is 80.8 Å². The van der Waals surface area contributed by atoms with Crippen molar-refractivity contribution < 1.29 is 32.0 Å². The normalized spacial score (nSPS) is 15.5. The zero-order chi connectivity index (χ0) is 29.6. The first-order valence-electron chi connectivity index (χ1n) is 12.7. The van der Waals surface area contributed by atoms with E-state index >= 15 is 0 Å². The Bertz CT molecular complexity index is 1780. The molecule has 0 radical (unpaired) electrons. The molecule has 210 valence electrons. The van der Waals surface area contributed by atoms with Gasteiger partial charge in [-0.2, -0.15) is 13.2 Å². The highest BCUT2D eigenvalue weighted by Crippen LogP contribution is 2.55. The van der Waals surface area contributed by atoms with Crippen molar-refractivity contribution >= 4 is 22.4 Å². The number of carbonyl (C=O) groups excluding carboxylic acids is 1. The van der Waals surface area contributed by atoms with Crippen LogP contribution in [-0.4, -0.2) is 21.8 Å². The lowest BCUT2D eigenvalue weighted by atomic mass is 9.81. The van der Waals surface area contributed by atoms with E-state index < -0.39 is 46.5 Å². The number of hydrogen-bond acceptors (Lipinski definition) is 5. The molecule has 2 N–H and O–H groups in total. The van der Waals surface area contributed by atoms with E-state index in [9.17, 15) is 32.3 Å². The minimum Gasteiger partial charge on any atom is -0.369 e. The molecule has 41 heavy (non-hydrogen) atoms. The number of amides is 1. The third-order valence-electron chi connectivity index (χ3n) is 7.31. The lowest BCUT2D eigenvalue weighted by Crippen LogP contribution is -2.44. The van der Waals surface area contributed by atoms with Gasteiger partial charge < -0.3 is 14.9 Å². The van der Waals surface area contributed by atoms with Crippen LogP contribution in [0.1, 0.15) is 47.2 Å². The number of nitrogens with zero attached hydrogens (tertiary/aromatic N) is 1. The number of aliphatic hydroxyl groups is 1. The van der Waals surface area contributed by atoms with Gasteiger partial charge >= 0.3 is 11.8 Å². The Morgan fingerprint density at radius 2 is 1.76 bits per heavy atom. The van der Waals surface area contributed by atoms with Crippen LogP contribution in [0.4, 0.5) is 23.2 Å². The molecule has 1 fully saturated rings. The maximum Gasteiger partial charge on any atom is 0.416 e. The number of benzene rings is 3. The van der Waals surface area contributed by atoms with Gasteiger partial charge in [0, 0.05) is 28.5 Å². The van der Waals surface area contributed by atoms with Crippen LogP contribution in [0.15, 0.2) is 70.0 Å². The van der Waals surface area contributed by atoms with Crippen molar-refractivity contribution in [3.05, 3.63) is 105 Å². The molecule has 1 atom stereocenters. The Morgan fingerprint density at radius 3 is 2.41 bits per heavy atom. The van der Waals surface area contributed by atoms with E-state index in [1.165, 1.54) is 18.2 Å². The van der Waals surface area contributed by atoms with Gasteiger partial charge in [-0.15, -0.1) is 0 Å². The Balaban J connectivity index is 1.54. The molecular weight excluding hydrogens is 540 g/mol. The number of anilines is 1. The van der Waals surface area contributed by atoms with Crippen LogP contribution in [0.25, 0.3) is 10.8 Å². The number of fused-ring (bicyclic) bond motifs is 1. The van der Waals surface area contributed by atoms with Crippen LogP contribution in [0.5, 0.6) is 0 Å². The fraction of sp³-hybridized carbons (Fsp3) is 0.258. The Kier molecular flexibility index (Phi) is 6.95. The molecule has 0 saturated heterocycles. The molecule has 1 aliphatic carbocycles. The van der Waals surface area contributed by atoms with Crippen molar-refractivity contribution in [2.45, 2.75) is 50.3 Å².